The summed E-state index contributed by atoms with van der Waals surface area (Å²) >= 11 is 0. The average Bonchev–Trinajstić information content (AvgIpc) is 2.93. The molecule has 0 aromatic carbocycles. The highest BCUT2D eigenvalue weighted by Crippen LogP contribution is 2.41. The van der Waals surface area contributed by atoms with E-state index in [0.29, 0.717) is 5.92 Å². The molecular weight excluding hydrogens is 244 g/mol. The van der Waals surface area contributed by atoms with Gasteiger partial charge in [-0.2, -0.15) is 0 Å². The van der Waals surface area contributed by atoms with E-state index in [-0.39, 0.29) is 18.5 Å². The number of carbonyl (C=O) groups is 2. The van der Waals surface area contributed by atoms with Gasteiger partial charge in [0.05, 0.1) is 6.54 Å². The summed E-state index contributed by atoms with van der Waals surface area (Å²) in [6.07, 6.45) is 5.12. The lowest BCUT2D eigenvalue weighted by molar-refractivity contribution is -0.128. The maximum absolute atomic E-state index is 12.2. The molecule has 2 heterocycles. The van der Waals surface area contributed by atoms with Crippen LogP contribution in [0, 0.1) is 5.92 Å². The van der Waals surface area contributed by atoms with Crippen LogP contribution in [0.1, 0.15) is 32.5 Å². The number of urea groups is 1. The van der Waals surface area contributed by atoms with Crippen molar-refractivity contribution < 1.29 is 9.59 Å². The molecule has 2 aliphatic rings. The van der Waals surface area contributed by atoms with Gasteiger partial charge in [-0.3, -0.25) is 9.69 Å². The van der Waals surface area contributed by atoms with Gasteiger partial charge in [-0.05, 0) is 18.8 Å². The fourth-order valence-electron chi connectivity index (χ4n) is 2.48. The molecule has 1 aromatic rings. The number of aromatic nitrogens is 2. The summed E-state index contributed by atoms with van der Waals surface area (Å²) in [7, 11) is 0. The molecule has 1 aliphatic carbocycles. The molecule has 1 saturated carbocycles. The molecule has 1 aromatic heterocycles. The Bertz CT molecular complexity index is 531. The lowest BCUT2D eigenvalue weighted by Gasteiger charge is -2.15. The highest BCUT2D eigenvalue weighted by Gasteiger charge is 2.59. The van der Waals surface area contributed by atoms with Crippen molar-refractivity contribution >= 4 is 11.9 Å². The maximum atomic E-state index is 12.2. The predicted octanol–water partition coefficient (Wildman–Crippen LogP) is 1.12. The van der Waals surface area contributed by atoms with Crippen molar-refractivity contribution in [2.45, 2.75) is 45.3 Å². The number of amides is 3. The zero-order chi connectivity index (χ0) is 13.6. The molecule has 6 heteroatoms. The highest BCUT2D eigenvalue weighted by atomic mass is 16.2. The normalized spacial score (nSPS) is 20.5. The Labute approximate surface area is 111 Å². The number of nitrogens with zero attached hydrogens (tertiary/aromatic N) is 3. The van der Waals surface area contributed by atoms with Crippen LogP contribution in [0.25, 0.3) is 0 Å². The Morgan fingerprint density at radius 2 is 2.16 bits per heavy atom. The minimum atomic E-state index is -0.577. The quantitative estimate of drug-likeness (QED) is 0.827. The molecule has 2 fully saturated rings. The van der Waals surface area contributed by atoms with Gasteiger partial charge < -0.3 is 9.88 Å². The van der Waals surface area contributed by atoms with Crippen molar-refractivity contribution in [2.75, 3.05) is 0 Å². The number of nitrogens with one attached hydrogen (secondary N) is 1. The maximum Gasteiger partial charge on any atom is 0.325 e. The summed E-state index contributed by atoms with van der Waals surface area (Å²) in [5, 5.41) is 2.78. The van der Waals surface area contributed by atoms with Crippen LogP contribution in [0.15, 0.2) is 12.4 Å². The van der Waals surface area contributed by atoms with E-state index in [1.165, 1.54) is 4.90 Å². The predicted molar refractivity (Wildman–Crippen MR) is 68.1 cm³/mol. The number of imidazole rings is 1. The molecule has 1 saturated heterocycles. The molecule has 0 unspecified atom stereocenters. The van der Waals surface area contributed by atoms with Crippen LogP contribution in [0.5, 0.6) is 0 Å². The van der Waals surface area contributed by atoms with E-state index in [2.05, 4.69) is 24.1 Å². The van der Waals surface area contributed by atoms with Gasteiger partial charge in [0.1, 0.15) is 11.4 Å². The minimum absolute atomic E-state index is 0.100. The smallest absolute Gasteiger partial charge is 0.325 e. The van der Waals surface area contributed by atoms with Gasteiger partial charge in [-0.15, -0.1) is 0 Å². The fourth-order valence-corrected chi connectivity index (χ4v) is 2.48. The Morgan fingerprint density at radius 1 is 1.42 bits per heavy atom. The molecule has 0 bridgehead atoms. The molecule has 1 spiro atoms. The number of rotatable bonds is 4. The molecule has 0 atom stereocenters. The van der Waals surface area contributed by atoms with Gasteiger partial charge in [0.15, 0.2) is 0 Å². The first-order chi connectivity index (χ1) is 9.02. The van der Waals surface area contributed by atoms with Gasteiger partial charge in [0, 0.05) is 18.9 Å². The molecule has 3 amide bonds. The van der Waals surface area contributed by atoms with Crippen molar-refractivity contribution in [1.29, 1.82) is 0 Å². The van der Waals surface area contributed by atoms with Gasteiger partial charge in [-0.25, -0.2) is 9.78 Å². The van der Waals surface area contributed by atoms with Gasteiger partial charge >= 0.3 is 6.03 Å². The number of hydrogen-bond donors (Lipinski definition) is 1. The zero-order valence-corrected chi connectivity index (χ0v) is 11.2. The van der Waals surface area contributed by atoms with Gasteiger partial charge in [-0.1, -0.05) is 13.8 Å². The summed E-state index contributed by atoms with van der Waals surface area (Å²) < 4.78 is 2.00. The molecule has 102 valence electrons. The molecule has 3 rings (SSSR count). The van der Waals surface area contributed by atoms with Crippen LogP contribution in [-0.4, -0.2) is 31.9 Å². The SMILES string of the molecule is CC(C)Cn1ccnc1CN1C(=O)NC2(CC2)C1=O. The highest BCUT2D eigenvalue weighted by molar-refractivity contribution is 6.08. The van der Waals surface area contributed by atoms with E-state index in [1.807, 2.05) is 10.8 Å². The molecular formula is C13H18N4O2. The van der Waals surface area contributed by atoms with Crippen molar-refractivity contribution in [3.05, 3.63) is 18.2 Å². The molecule has 0 radical (unpaired) electrons. The first-order valence-corrected chi connectivity index (χ1v) is 6.66. The number of hydrogen-bond acceptors (Lipinski definition) is 3. The molecule has 6 nitrogen and oxygen atoms in total. The third-order valence-corrected chi connectivity index (χ3v) is 3.66. The van der Waals surface area contributed by atoms with Gasteiger partial charge in [0.2, 0.25) is 0 Å². The van der Waals surface area contributed by atoms with Crippen LogP contribution < -0.4 is 5.32 Å². The van der Waals surface area contributed by atoms with Crippen molar-refractivity contribution in [3.63, 3.8) is 0 Å². The Morgan fingerprint density at radius 3 is 2.74 bits per heavy atom. The van der Waals surface area contributed by atoms with E-state index in [9.17, 15) is 9.59 Å². The first kappa shape index (κ1) is 12.2. The average molecular weight is 262 g/mol. The second-order valence-electron chi connectivity index (χ2n) is 5.79. The largest absolute Gasteiger partial charge is 0.333 e. The Kier molecular flexibility index (Phi) is 2.62. The van der Waals surface area contributed by atoms with E-state index < -0.39 is 5.54 Å². The molecule has 19 heavy (non-hydrogen) atoms. The topological polar surface area (TPSA) is 67.2 Å². The summed E-state index contributed by atoms with van der Waals surface area (Å²) in [6, 6.07) is -0.290. The van der Waals surface area contributed by atoms with Crippen LogP contribution >= 0.6 is 0 Å². The Hall–Kier alpha value is -1.85. The Balaban J connectivity index is 1.77. The van der Waals surface area contributed by atoms with E-state index in [0.717, 1.165) is 25.2 Å². The second kappa shape index (κ2) is 4.08. The van der Waals surface area contributed by atoms with E-state index >= 15 is 0 Å². The van der Waals surface area contributed by atoms with Crippen LogP contribution in [0.2, 0.25) is 0 Å². The van der Waals surface area contributed by atoms with Crippen LogP contribution in [0.4, 0.5) is 4.79 Å². The molecule has 1 N–H and O–H groups in total. The van der Waals surface area contributed by atoms with Crippen molar-refractivity contribution in [3.8, 4) is 0 Å². The standard InChI is InChI=1S/C13H18N4O2/c1-9(2)7-16-6-5-14-10(16)8-17-11(18)13(3-4-13)15-12(17)19/h5-6,9H,3-4,7-8H2,1-2H3,(H,15,19). The second-order valence-corrected chi connectivity index (χ2v) is 5.79. The zero-order valence-electron chi connectivity index (χ0n) is 11.2. The van der Waals surface area contributed by atoms with Crippen LogP contribution in [0.3, 0.4) is 0 Å². The lowest BCUT2D eigenvalue weighted by Crippen LogP contribution is -2.33. The van der Waals surface area contributed by atoms with Crippen LogP contribution in [-0.2, 0) is 17.9 Å². The van der Waals surface area contributed by atoms with Crippen molar-refractivity contribution in [2.24, 2.45) is 5.92 Å². The van der Waals surface area contributed by atoms with E-state index in [4.69, 9.17) is 0 Å². The number of imide groups is 1. The lowest BCUT2D eigenvalue weighted by atomic mass is 10.2. The first-order valence-electron chi connectivity index (χ1n) is 6.66. The van der Waals surface area contributed by atoms with Crippen molar-refractivity contribution in [1.82, 2.24) is 19.8 Å². The summed E-state index contributed by atoms with van der Waals surface area (Å²) in [4.78, 5) is 29.6. The van der Waals surface area contributed by atoms with Gasteiger partial charge in [0.25, 0.3) is 5.91 Å². The molecule has 1 aliphatic heterocycles. The minimum Gasteiger partial charge on any atom is -0.333 e. The monoisotopic (exact) mass is 262 g/mol. The summed E-state index contributed by atoms with van der Waals surface area (Å²) in [5.74, 6) is 1.15. The third kappa shape index (κ3) is 2.01. The third-order valence-electron chi connectivity index (χ3n) is 3.66. The number of carbonyl (C=O) groups excluding carboxylic acids is 2. The van der Waals surface area contributed by atoms with E-state index in [1.54, 1.807) is 6.20 Å². The fraction of sp³-hybridized carbons (Fsp3) is 0.615. The summed E-state index contributed by atoms with van der Waals surface area (Å²) in [6.45, 7) is 5.34. The summed E-state index contributed by atoms with van der Waals surface area (Å²) in [5.41, 5.74) is -0.577.